The molecule has 0 spiro atoms. The lowest BCUT2D eigenvalue weighted by molar-refractivity contribution is 0.0615. The van der Waals surface area contributed by atoms with Gasteiger partial charge in [0, 0.05) is 37.0 Å². The van der Waals surface area contributed by atoms with E-state index in [2.05, 4.69) is 20.3 Å². The lowest BCUT2D eigenvalue weighted by Crippen LogP contribution is -2.18. The first-order valence-corrected chi connectivity index (χ1v) is 7.86. The molecule has 0 saturated heterocycles. The molecule has 1 unspecified atom stereocenters. The van der Waals surface area contributed by atoms with E-state index in [1.54, 1.807) is 19.5 Å². The van der Waals surface area contributed by atoms with Crippen molar-refractivity contribution in [1.29, 1.82) is 0 Å². The second kappa shape index (κ2) is 7.81. The van der Waals surface area contributed by atoms with Crippen molar-refractivity contribution in [3.8, 4) is 11.4 Å². The van der Waals surface area contributed by atoms with Gasteiger partial charge in [0.05, 0.1) is 18.2 Å². The minimum Gasteiger partial charge on any atom is -0.391 e. The van der Waals surface area contributed by atoms with Crippen LogP contribution in [0.25, 0.3) is 22.3 Å². The molecule has 3 rings (SSSR count). The highest BCUT2D eigenvalue weighted by molar-refractivity contribution is 5.90. The van der Waals surface area contributed by atoms with E-state index in [4.69, 9.17) is 4.74 Å². The number of ether oxygens (including phenoxy) is 1. The van der Waals surface area contributed by atoms with Gasteiger partial charge in [-0.2, -0.15) is 0 Å². The van der Waals surface area contributed by atoms with Crippen LogP contribution >= 0.6 is 0 Å². The molecule has 3 aromatic rings. The average molecular weight is 324 g/mol. The molecule has 0 saturated carbocycles. The molecule has 0 aliphatic rings. The number of pyridine rings is 1. The van der Waals surface area contributed by atoms with Gasteiger partial charge in [-0.3, -0.25) is 4.98 Å². The molecule has 124 valence electrons. The summed E-state index contributed by atoms with van der Waals surface area (Å²) in [7, 11) is 1.58. The molecule has 2 N–H and O–H groups in total. The van der Waals surface area contributed by atoms with Crippen LogP contribution in [0, 0.1) is 0 Å². The van der Waals surface area contributed by atoms with Crippen LogP contribution in [-0.2, 0) is 4.74 Å². The fourth-order valence-electron chi connectivity index (χ4n) is 2.47. The van der Waals surface area contributed by atoms with Crippen molar-refractivity contribution in [2.45, 2.75) is 12.5 Å². The molecule has 0 bridgehead atoms. The molecular formula is C18H20N4O2. The van der Waals surface area contributed by atoms with Gasteiger partial charge in [-0.25, -0.2) is 9.97 Å². The standard InChI is InChI=1S/C18H20N4O2/c1-24-12-14(23)8-10-20-18-15-6-2-3-7-16(15)21-17(22-18)13-5-4-9-19-11-13/h2-7,9,11,14,23H,8,10,12H2,1H3,(H,20,21,22). The number of para-hydroxylation sites is 1. The summed E-state index contributed by atoms with van der Waals surface area (Å²) in [4.78, 5) is 13.4. The molecule has 0 fully saturated rings. The number of hydrogen-bond donors (Lipinski definition) is 2. The molecular weight excluding hydrogens is 304 g/mol. The van der Waals surface area contributed by atoms with Gasteiger partial charge < -0.3 is 15.2 Å². The molecule has 0 amide bonds. The molecule has 1 atom stereocenters. The molecule has 0 radical (unpaired) electrons. The van der Waals surface area contributed by atoms with Gasteiger partial charge in [0.25, 0.3) is 0 Å². The highest BCUT2D eigenvalue weighted by atomic mass is 16.5. The SMILES string of the molecule is COCC(O)CCNc1nc(-c2cccnc2)nc2ccccc12. The van der Waals surface area contributed by atoms with Crippen molar-refractivity contribution < 1.29 is 9.84 Å². The zero-order chi connectivity index (χ0) is 16.8. The number of aliphatic hydroxyl groups is 1. The number of aromatic nitrogens is 3. The minimum atomic E-state index is -0.492. The van der Waals surface area contributed by atoms with Crippen LogP contribution in [0.3, 0.4) is 0 Å². The maximum Gasteiger partial charge on any atom is 0.163 e. The van der Waals surface area contributed by atoms with Crippen molar-refractivity contribution in [1.82, 2.24) is 15.0 Å². The Morgan fingerprint density at radius 3 is 2.83 bits per heavy atom. The number of hydrogen-bond acceptors (Lipinski definition) is 6. The van der Waals surface area contributed by atoms with Crippen LogP contribution in [0.4, 0.5) is 5.82 Å². The molecule has 0 aliphatic heterocycles. The van der Waals surface area contributed by atoms with E-state index >= 15 is 0 Å². The Morgan fingerprint density at radius 2 is 2.04 bits per heavy atom. The summed E-state index contributed by atoms with van der Waals surface area (Å²) in [5.41, 5.74) is 1.73. The fourth-order valence-corrected chi connectivity index (χ4v) is 2.47. The van der Waals surface area contributed by atoms with E-state index in [0.717, 1.165) is 22.3 Å². The Bertz CT molecular complexity index is 795. The van der Waals surface area contributed by atoms with Crippen molar-refractivity contribution in [3.63, 3.8) is 0 Å². The normalized spacial score (nSPS) is 12.2. The lowest BCUT2D eigenvalue weighted by Gasteiger charge is -2.13. The van der Waals surface area contributed by atoms with Crippen molar-refractivity contribution in [2.75, 3.05) is 25.6 Å². The predicted octanol–water partition coefficient (Wildman–Crippen LogP) is 2.50. The third-order valence-corrected chi connectivity index (χ3v) is 3.65. The number of methoxy groups -OCH3 is 1. The van der Waals surface area contributed by atoms with Gasteiger partial charge in [-0.15, -0.1) is 0 Å². The summed E-state index contributed by atoms with van der Waals surface area (Å²) in [5.74, 6) is 1.38. The van der Waals surface area contributed by atoms with E-state index in [1.807, 2.05) is 36.4 Å². The van der Waals surface area contributed by atoms with Gasteiger partial charge in [-0.1, -0.05) is 12.1 Å². The molecule has 24 heavy (non-hydrogen) atoms. The number of nitrogens with zero attached hydrogens (tertiary/aromatic N) is 3. The molecule has 0 aliphatic carbocycles. The summed E-state index contributed by atoms with van der Waals surface area (Å²) in [6.45, 7) is 0.922. The average Bonchev–Trinajstić information content (AvgIpc) is 2.62. The van der Waals surface area contributed by atoms with E-state index in [9.17, 15) is 5.11 Å². The molecule has 1 aromatic carbocycles. The van der Waals surface area contributed by atoms with Crippen molar-refractivity contribution in [2.24, 2.45) is 0 Å². The van der Waals surface area contributed by atoms with Crippen LogP contribution in [0.1, 0.15) is 6.42 Å². The quantitative estimate of drug-likeness (QED) is 0.695. The first-order chi connectivity index (χ1) is 11.8. The second-order valence-corrected chi connectivity index (χ2v) is 5.48. The maximum absolute atomic E-state index is 9.77. The molecule has 6 heteroatoms. The largest absolute Gasteiger partial charge is 0.391 e. The summed E-state index contributed by atoms with van der Waals surface area (Å²) >= 11 is 0. The monoisotopic (exact) mass is 324 g/mol. The first-order valence-electron chi connectivity index (χ1n) is 7.86. The zero-order valence-electron chi connectivity index (χ0n) is 13.5. The van der Waals surface area contributed by atoms with Crippen LogP contribution < -0.4 is 5.32 Å². The van der Waals surface area contributed by atoms with Crippen LogP contribution in [-0.4, -0.2) is 46.4 Å². The summed E-state index contributed by atoms with van der Waals surface area (Å²) in [6.07, 6.45) is 3.55. The maximum atomic E-state index is 9.77. The predicted molar refractivity (Wildman–Crippen MR) is 93.8 cm³/mol. The summed E-state index contributed by atoms with van der Waals surface area (Å²) < 4.78 is 4.94. The van der Waals surface area contributed by atoms with E-state index in [0.29, 0.717) is 25.4 Å². The molecule has 2 heterocycles. The van der Waals surface area contributed by atoms with E-state index in [-0.39, 0.29) is 0 Å². The molecule has 6 nitrogen and oxygen atoms in total. The van der Waals surface area contributed by atoms with Gasteiger partial charge in [-0.05, 0) is 30.7 Å². The number of nitrogens with one attached hydrogen (secondary N) is 1. The zero-order valence-corrected chi connectivity index (χ0v) is 13.5. The van der Waals surface area contributed by atoms with E-state index < -0.39 is 6.10 Å². The van der Waals surface area contributed by atoms with Gasteiger partial charge in [0.15, 0.2) is 5.82 Å². The third-order valence-electron chi connectivity index (χ3n) is 3.65. The van der Waals surface area contributed by atoms with E-state index in [1.165, 1.54) is 0 Å². The van der Waals surface area contributed by atoms with Crippen LogP contribution in [0.5, 0.6) is 0 Å². The number of benzene rings is 1. The highest BCUT2D eigenvalue weighted by Crippen LogP contribution is 2.24. The Kier molecular flexibility index (Phi) is 5.30. The van der Waals surface area contributed by atoms with Gasteiger partial charge >= 0.3 is 0 Å². The Hall–Kier alpha value is -2.57. The lowest BCUT2D eigenvalue weighted by atomic mass is 10.2. The van der Waals surface area contributed by atoms with Gasteiger partial charge in [0.2, 0.25) is 0 Å². The Morgan fingerprint density at radius 1 is 1.17 bits per heavy atom. The number of fused-ring (bicyclic) bond motifs is 1. The number of rotatable bonds is 7. The second-order valence-electron chi connectivity index (χ2n) is 5.48. The van der Waals surface area contributed by atoms with Crippen molar-refractivity contribution >= 4 is 16.7 Å². The number of aliphatic hydroxyl groups excluding tert-OH is 1. The Labute approximate surface area is 140 Å². The van der Waals surface area contributed by atoms with Gasteiger partial charge in [0.1, 0.15) is 5.82 Å². The third kappa shape index (κ3) is 3.84. The smallest absolute Gasteiger partial charge is 0.163 e. The topological polar surface area (TPSA) is 80.2 Å². The summed E-state index contributed by atoms with van der Waals surface area (Å²) in [6, 6.07) is 11.7. The van der Waals surface area contributed by atoms with Crippen molar-refractivity contribution in [3.05, 3.63) is 48.8 Å². The first kappa shape index (κ1) is 16.3. The minimum absolute atomic E-state index is 0.327. The highest BCUT2D eigenvalue weighted by Gasteiger charge is 2.10. The Balaban J connectivity index is 1.88. The molecule has 2 aromatic heterocycles. The summed E-state index contributed by atoms with van der Waals surface area (Å²) in [5, 5.41) is 14.0. The fraction of sp³-hybridized carbons (Fsp3) is 0.278. The van der Waals surface area contributed by atoms with Crippen LogP contribution in [0.2, 0.25) is 0 Å². The number of anilines is 1. The van der Waals surface area contributed by atoms with Crippen LogP contribution in [0.15, 0.2) is 48.8 Å².